The van der Waals surface area contributed by atoms with Gasteiger partial charge in [-0.05, 0) is 56.3 Å². The predicted octanol–water partition coefficient (Wildman–Crippen LogP) is 6.52. The first-order valence-electron chi connectivity index (χ1n) is 13.8. The van der Waals surface area contributed by atoms with Gasteiger partial charge < -0.3 is 33.9 Å². The zero-order chi connectivity index (χ0) is 30.0. The Kier molecular flexibility index (Phi) is 10.8. The molecular weight excluding hydrogens is 591 g/mol. The first-order chi connectivity index (χ1) is 21.1. The molecule has 11 nitrogen and oxygen atoms in total. The maximum absolute atomic E-state index is 6.44. The molecule has 0 unspecified atom stereocenters. The van der Waals surface area contributed by atoms with Gasteiger partial charge in [-0.25, -0.2) is 9.97 Å². The van der Waals surface area contributed by atoms with Crippen molar-refractivity contribution in [3.8, 4) is 23.1 Å². The predicted molar refractivity (Wildman–Crippen MR) is 169 cm³/mol. The first kappa shape index (κ1) is 30.7. The van der Waals surface area contributed by atoms with Crippen molar-refractivity contribution in [3.05, 3.63) is 72.0 Å². The first-order valence-corrected chi connectivity index (χ1v) is 15.3. The van der Waals surface area contributed by atoms with E-state index in [0.29, 0.717) is 52.2 Å². The van der Waals surface area contributed by atoms with Gasteiger partial charge in [0.05, 0.1) is 30.0 Å². The normalized spacial score (nSPS) is 13.2. The molecule has 1 saturated heterocycles. The number of halogens is 1. The Hall–Kier alpha value is -3.73. The summed E-state index contributed by atoms with van der Waals surface area (Å²) in [6, 6.07) is 16.6. The molecule has 0 bridgehead atoms. The van der Waals surface area contributed by atoms with E-state index in [0.717, 1.165) is 30.6 Å². The molecule has 1 aliphatic heterocycles. The third kappa shape index (κ3) is 8.22. The van der Waals surface area contributed by atoms with Crippen LogP contribution in [-0.2, 0) is 9.05 Å². The van der Waals surface area contributed by atoms with Gasteiger partial charge in [-0.15, -0.1) is 0 Å². The molecule has 0 spiro atoms. The molecule has 4 aromatic rings. The molecule has 13 heteroatoms. The summed E-state index contributed by atoms with van der Waals surface area (Å²) in [6.07, 6.45) is 5.70. The molecule has 3 heterocycles. The molecule has 0 saturated carbocycles. The Labute approximate surface area is 257 Å². The Morgan fingerprint density at radius 2 is 1.70 bits per heavy atom. The van der Waals surface area contributed by atoms with Crippen molar-refractivity contribution in [2.45, 2.75) is 12.8 Å². The van der Waals surface area contributed by atoms with E-state index in [1.807, 2.05) is 36.4 Å². The van der Waals surface area contributed by atoms with Gasteiger partial charge in [0.1, 0.15) is 28.9 Å². The Balaban J connectivity index is 1.26. The minimum Gasteiger partial charge on any atom is -0.494 e. The van der Waals surface area contributed by atoms with Gasteiger partial charge in [0.15, 0.2) is 5.82 Å². The number of rotatable bonds is 14. The van der Waals surface area contributed by atoms with Crippen LogP contribution in [0, 0.1) is 0 Å². The summed E-state index contributed by atoms with van der Waals surface area (Å²) in [6.45, 7) is 3.74. The van der Waals surface area contributed by atoms with Crippen LogP contribution in [0.4, 0.5) is 23.1 Å². The van der Waals surface area contributed by atoms with Crippen LogP contribution in [0.3, 0.4) is 0 Å². The van der Waals surface area contributed by atoms with Gasteiger partial charge in [0.25, 0.3) is 0 Å². The summed E-state index contributed by atoms with van der Waals surface area (Å²) < 4.78 is 28.6. The molecule has 1 aliphatic rings. The van der Waals surface area contributed by atoms with E-state index >= 15 is 0 Å². The maximum Gasteiger partial charge on any atom is 0.229 e. The van der Waals surface area contributed by atoms with Gasteiger partial charge in [-0.3, -0.25) is 4.90 Å². The number of para-hydroxylation sites is 1. The molecule has 2 N–H and O–H groups in total. The van der Waals surface area contributed by atoms with Gasteiger partial charge >= 0.3 is 0 Å². The molecule has 0 amide bonds. The van der Waals surface area contributed by atoms with Crippen molar-refractivity contribution in [2.75, 3.05) is 58.2 Å². The van der Waals surface area contributed by atoms with Gasteiger partial charge in [-0.1, -0.05) is 23.7 Å². The molecule has 226 valence electrons. The minimum absolute atomic E-state index is 0.321. The van der Waals surface area contributed by atoms with Crippen molar-refractivity contribution in [1.82, 2.24) is 19.9 Å². The fraction of sp³-hybridized carbons (Fsp3) is 0.300. The summed E-state index contributed by atoms with van der Waals surface area (Å²) in [5.74, 6) is 3.00. The zero-order valence-electron chi connectivity index (χ0n) is 24.2. The standard InChI is InChI=1S/C30H34ClN6O5P/c1-38-26-18-21(42-22-12-13-32-28(19-22)41-17-16-37-14-6-7-15-37)10-11-24(26)35-30-33-20-23(31)29(36-30)34-25-8-4-5-9-27(25)43(39-2)40-3/h4-5,8-13,18-20H,6-7,14-17H2,1-3H3,(H2,33,34,35,36). The fourth-order valence-electron chi connectivity index (χ4n) is 4.57. The minimum atomic E-state index is -1.27. The second-order valence-corrected chi connectivity index (χ2v) is 11.6. The topological polar surface area (TPSA) is 112 Å². The summed E-state index contributed by atoms with van der Waals surface area (Å²) in [5, 5.41) is 7.69. The highest BCUT2D eigenvalue weighted by Gasteiger charge is 2.17. The quantitative estimate of drug-likeness (QED) is 0.150. The zero-order valence-corrected chi connectivity index (χ0v) is 25.9. The monoisotopic (exact) mass is 624 g/mol. The number of ether oxygens (including phenoxy) is 3. The number of hydrogen-bond donors (Lipinski definition) is 2. The van der Waals surface area contributed by atoms with E-state index < -0.39 is 8.38 Å². The van der Waals surface area contributed by atoms with E-state index in [4.69, 9.17) is 34.9 Å². The summed E-state index contributed by atoms with van der Waals surface area (Å²) in [4.78, 5) is 15.6. The van der Waals surface area contributed by atoms with E-state index in [9.17, 15) is 0 Å². The molecule has 0 radical (unpaired) electrons. The highest BCUT2D eigenvalue weighted by Crippen LogP contribution is 2.39. The number of anilines is 4. The molecular formula is C30H34ClN6O5P. The molecule has 2 aromatic heterocycles. The Morgan fingerprint density at radius 3 is 2.49 bits per heavy atom. The second kappa shape index (κ2) is 15.1. The molecule has 43 heavy (non-hydrogen) atoms. The van der Waals surface area contributed by atoms with Gasteiger partial charge in [-0.2, -0.15) is 4.98 Å². The third-order valence-corrected chi connectivity index (χ3v) is 8.37. The number of benzene rings is 2. The molecule has 0 atom stereocenters. The third-order valence-electron chi connectivity index (χ3n) is 6.65. The lowest BCUT2D eigenvalue weighted by Crippen LogP contribution is -2.25. The Morgan fingerprint density at radius 1 is 0.907 bits per heavy atom. The van der Waals surface area contributed by atoms with E-state index in [1.165, 1.54) is 19.0 Å². The lowest BCUT2D eigenvalue weighted by Gasteiger charge is -2.18. The van der Waals surface area contributed by atoms with E-state index in [2.05, 4.69) is 30.5 Å². The summed E-state index contributed by atoms with van der Waals surface area (Å²) >= 11 is 6.44. The smallest absolute Gasteiger partial charge is 0.229 e. The molecule has 1 fully saturated rings. The van der Waals surface area contributed by atoms with Crippen LogP contribution in [0.25, 0.3) is 0 Å². The fourth-order valence-corrected chi connectivity index (χ4v) is 5.78. The average Bonchev–Trinajstić information content (AvgIpc) is 3.55. The lowest BCUT2D eigenvalue weighted by atomic mass is 10.2. The number of nitrogens with zero attached hydrogens (tertiary/aromatic N) is 4. The van der Waals surface area contributed by atoms with E-state index in [-0.39, 0.29) is 0 Å². The molecule has 5 rings (SSSR count). The van der Waals surface area contributed by atoms with Crippen molar-refractivity contribution >= 4 is 48.4 Å². The van der Waals surface area contributed by atoms with Crippen LogP contribution in [-0.4, -0.2) is 67.4 Å². The number of hydrogen-bond acceptors (Lipinski definition) is 11. The van der Waals surface area contributed by atoms with Crippen LogP contribution < -0.4 is 30.1 Å². The maximum atomic E-state index is 6.44. The van der Waals surface area contributed by atoms with Gasteiger partial charge in [0, 0.05) is 39.1 Å². The largest absolute Gasteiger partial charge is 0.494 e. The summed E-state index contributed by atoms with van der Waals surface area (Å²) in [7, 11) is 3.53. The van der Waals surface area contributed by atoms with Crippen LogP contribution in [0.1, 0.15) is 12.8 Å². The van der Waals surface area contributed by atoms with Crippen LogP contribution >= 0.6 is 20.0 Å². The number of methoxy groups -OCH3 is 1. The second-order valence-electron chi connectivity index (χ2n) is 9.47. The lowest BCUT2D eigenvalue weighted by molar-refractivity contribution is 0.231. The van der Waals surface area contributed by atoms with Gasteiger partial charge in [0.2, 0.25) is 20.2 Å². The van der Waals surface area contributed by atoms with Crippen molar-refractivity contribution in [2.24, 2.45) is 0 Å². The van der Waals surface area contributed by atoms with Crippen LogP contribution in [0.2, 0.25) is 5.02 Å². The highest BCUT2D eigenvalue weighted by atomic mass is 35.5. The van der Waals surface area contributed by atoms with Crippen molar-refractivity contribution in [3.63, 3.8) is 0 Å². The number of aromatic nitrogens is 3. The van der Waals surface area contributed by atoms with E-state index in [1.54, 1.807) is 45.7 Å². The number of pyridine rings is 1. The molecule has 0 aliphatic carbocycles. The average molecular weight is 625 g/mol. The Bertz CT molecular complexity index is 1510. The SMILES string of the molecule is COc1cc(Oc2ccnc(OCCN3CCCC3)c2)ccc1Nc1ncc(Cl)c(Nc2ccccc2P(OC)OC)n1. The van der Waals surface area contributed by atoms with Crippen LogP contribution in [0.15, 0.2) is 67.0 Å². The summed E-state index contributed by atoms with van der Waals surface area (Å²) in [5.41, 5.74) is 1.41. The van der Waals surface area contributed by atoms with Crippen molar-refractivity contribution in [1.29, 1.82) is 0 Å². The highest BCUT2D eigenvalue weighted by molar-refractivity contribution is 7.56. The number of likely N-dealkylation sites (tertiary alicyclic amines) is 1. The number of nitrogens with one attached hydrogen (secondary N) is 2. The molecule has 2 aromatic carbocycles. The van der Waals surface area contributed by atoms with Crippen LogP contribution in [0.5, 0.6) is 23.1 Å². The van der Waals surface area contributed by atoms with Crippen molar-refractivity contribution < 1.29 is 23.3 Å².